The maximum absolute atomic E-state index is 13.1. The summed E-state index contributed by atoms with van der Waals surface area (Å²) >= 11 is 0. The van der Waals surface area contributed by atoms with Gasteiger partial charge in [0.1, 0.15) is 29.6 Å². The molecule has 0 fully saturated rings. The summed E-state index contributed by atoms with van der Waals surface area (Å²) in [6.07, 6.45) is 0.0282. The van der Waals surface area contributed by atoms with Gasteiger partial charge in [0.25, 0.3) is 0 Å². The highest BCUT2D eigenvalue weighted by Crippen LogP contribution is 2.24. The molecule has 0 bridgehead atoms. The third kappa shape index (κ3) is 11.3. The van der Waals surface area contributed by atoms with Crippen molar-refractivity contribution < 1.29 is 38.1 Å². The molecule has 3 N–H and O–H groups in total. The lowest BCUT2D eigenvalue weighted by molar-refractivity contribution is -0.118. The third-order valence-electron chi connectivity index (χ3n) is 5.28. The third-order valence-corrected chi connectivity index (χ3v) is 5.28. The number of methoxy groups -OCH3 is 2. The van der Waals surface area contributed by atoms with E-state index in [0.29, 0.717) is 25.1 Å². The molecular weight excluding hydrogens is 506 g/mol. The van der Waals surface area contributed by atoms with E-state index in [9.17, 15) is 19.2 Å². The molecule has 0 saturated carbocycles. The van der Waals surface area contributed by atoms with E-state index in [4.69, 9.17) is 18.9 Å². The van der Waals surface area contributed by atoms with Crippen molar-refractivity contribution >= 4 is 29.8 Å². The number of esters is 1. The fourth-order valence-electron chi connectivity index (χ4n) is 3.44. The lowest BCUT2D eigenvalue weighted by atomic mass is 10.1. The zero-order valence-corrected chi connectivity index (χ0v) is 23.0. The molecule has 11 heteroatoms. The Morgan fingerprint density at radius 2 is 1.64 bits per heavy atom. The SMILES string of the molecule is COC(=O)c1cc(NC(=O)[C@H](CCCCNC(=O)OCc2ccccc2)NC(=O)OC(C)(C)C)ccc1OC. The van der Waals surface area contributed by atoms with E-state index in [1.54, 1.807) is 26.8 Å². The minimum atomic E-state index is -0.937. The Kier molecular flexibility index (Phi) is 12.1. The Morgan fingerprint density at radius 3 is 2.28 bits per heavy atom. The number of benzene rings is 2. The van der Waals surface area contributed by atoms with Crippen LogP contribution in [-0.4, -0.2) is 56.5 Å². The largest absolute Gasteiger partial charge is 0.496 e. The number of rotatable bonds is 12. The molecule has 3 amide bonds. The minimum absolute atomic E-state index is 0.139. The van der Waals surface area contributed by atoms with Crippen molar-refractivity contribution in [3.05, 3.63) is 59.7 Å². The Bertz CT molecular complexity index is 1120. The average Bonchev–Trinajstić information content (AvgIpc) is 2.90. The number of nitrogens with one attached hydrogen (secondary N) is 3. The van der Waals surface area contributed by atoms with Crippen LogP contribution in [0.5, 0.6) is 5.75 Å². The van der Waals surface area contributed by atoms with Gasteiger partial charge in [-0.1, -0.05) is 30.3 Å². The summed E-state index contributed by atoms with van der Waals surface area (Å²) < 4.78 is 20.4. The summed E-state index contributed by atoms with van der Waals surface area (Å²) in [5.41, 5.74) is 0.588. The standard InChI is InChI=1S/C28H37N3O8/c1-28(2,3)39-27(35)31-22(13-9-10-16-29-26(34)38-18-19-11-7-6-8-12-19)24(32)30-20-14-15-23(36-4)21(17-20)25(33)37-5/h6-8,11-12,14-15,17,22H,9-10,13,16,18H2,1-5H3,(H,29,34)(H,30,32)(H,31,35)/t22-/m0/s1. The van der Waals surface area contributed by atoms with Crippen molar-refractivity contribution in [3.8, 4) is 5.75 Å². The second-order valence-corrected chi connectivity index (χ2v) is 9.58. The zero-order chi connectivity index (χ0) is 28.8. The molecule has 11 nitrogen and oxygen atoms in total. The molecule has 0 aliphatic carbocycles. The molecule has 0 unspecified atom stereocenters. The normalized spacial score (nSPS) is 11.5. The quantitative estimate of drug-likeness (QED) is 0.203. The van der Waals surface area contributed by atoms with Gasteiger partial charge in [0.05, 0.1) is 14.2 Å². The van der Waals surface area contributed by atoms with E-state index >= 15 is 0 Å². The van der Waals surface area contributed by atoms with Gasteiger partial charge in [-0.25, -0.2) is 14.4 Å². The van der Waals surface area contributed by atoms with Gasteiger partial charge in [-0.2, -0.15) is 0 Å². The smallest absolute Gasteiger partial charge is 0.408 e. The number of ether oxygens (including phenoxy) is 4. The molecule has 0 saturated heterocycles. The molecule has 0 aromatic heterocycles. The number of carbonyl (C=O) groups excluding carboxylic acids is 4. The van der Waals surface area contributed by atoms with Gasteiger partial charge in [0.2, 0.25) is 5.91 Å². The minimum Gasteiger partial charge on any atom is -0.496 e. The lowest BCUT2D eigenvalue weighted by Crippen LogP contribution is -2.45. The van der Waals surface area contributed by atoms with Gasteiger partial charge in [-0.3, -0.25) is 4.79 Å². The van der Waals surface area contributed by atoms with Crippen LogP contribution >= 0.6 is 0 Å². The molecule has 0 spiro atoms. The highest BCUT2D eigenvalue weighted by atomic mass is 16.6. The lowest BCUT2D eigenvalue weighted by Gasteiger charge is -2.23. The number of unbranched alkanes of at least 4 members (excludes halogenated alkanes) is 1. The van der Waals surface area contributed by atoms with Crippen LogP contribution in [0.2, 0.25) is 0 Å². The van der Waals surface area contributed by atoms with Crippen molar-refractivity contribution in [2.75, 3.05) is 26.1 Å². The summed E-state index contributed by atoms with van der Waals surface area (Å²) in [5.74, 6) is -0.837. The van der Waals surface area contributed by atoms with E-state index in [2.05, 4.69) is 16.0 Å². The monoisotopic (exact) mass is 543 g/mol. The van der Waals surface area contributed by atoms with Crippen LogP contribution in [0.25, 0.3) is 0 Å². The Balaban J connectivity index is 1.95. The molecule has 2 aromatic carbocycles. The summed E-state index contributed by atoms with van der Waals surface area (Å²) in [4.78, 5) is 49.5. The molecule has 212 valence electrons. The van der Waals surface area contributed by atoms with Gasteiger partial charge >= 0.3 is 18.2 Å². The van der Waals surface area contributed by atoms with Gasteiger partial charge in [-0.05, 0) is 63.8 Å². The van der Waals surface area contributed by atoms with Crippen LogP contribution in [0.15, 0.2) is 48.5 Å². The zero-order valence-electron chi connectivity index (χ0n) is 23.0. The first kappa shape index (κ1) is 30.9. The second kappa shape index (κ2) is 15.2. The van der Waals surface area contributed by atoms with Gasteiger partial charge in [0, 0.05) is 12.2 Å². The van der Waals surface area contributed by atoms with Crippen molar-refractivity contribution in [1.82, 2.24) is 10.6 Å². The van der Waals surface area contributed by atoms with E-state index in [1.165, 1.54) is 26.4 Å². The molecular formula is C28H37N3O8. The molecule has 0 aliphatic heterocycles. The maximum atomic E-state index is 13.1. The van der Waals surface area contributed by atoms with Crippen molar-refractivity contribution in [2.24, 2.45) is 0 Å². The fourth-order valence-corrected chi connectivity index (χ4v) is 3.44. The van der Waals surface area contributed by atoms with E-state index in [-0.39, 0.29) is 24.3 Å². The first-order chi connectivity index (χ1) is 18.5. The van der Waals surface area contributed by atoms with E-state index in [0.717, 1.165) is 5.56 Å². The first-order valence-electron chi connectivity index (χ1n) is 12.5. The van der Waals surface area contributed by atoms with Crippen LogP contribution in [-0.2, 0) is 25.6 Å². The molecule has 0 heterocycles. The summed E-state index contributed by atoms with van der Waals surface area (Å²) in [6, 6.07) is 12.9. The van der Waals surface area contributed by atoms with Crippen molar-refractivity contribution in [1.29, 1.82) is 0 Å². The summed E-state index contributed by atoms with van der Waals surface area (Å²) in [5, 5.41) is 7.98. The maximum Gasteiger partial charge on any atom is 0.408 e. The topological polar surface area (TPSA) is 141 Å². The second-order valence-electron chi connectivity index (χ2n) is 9.58. The number of alkyl carbamates (subject to hydrolysis) is 2. The number of amides is 3. The van der Waals surface area contributed by atoms with E-state index < -0.39 is 35.7 Å². The summed E-state index contributed by atoms with van der Waals surface area (Å²) in [6.45, 7) is 5.65. The molecule has 0 aliphatic rings. The highest BCUT2D eigenvalue weighted by Gasteiger charge is 2.25. The van der Waals surface area contributed by atoms with Crippen LogP contribution in [0.1, 0.15) is 56.0 Å². The molecule has 2 rings (SSSR count). The highest BCUT2D eigenvalue weighted by molar-refractivity contribution is 5.99. The first-order valence-corrected chi connectivity index (χ1v) is 12.5. The van der Waals surface area contributed by atoms with Crippen LogP contribution < -0.4 is 20.7 Å². The molecule has 1 atom stereocenters. The Hall–Kier alpha value is -4.28. The van der Waals surface area contributed by atoms with Gasteiger partial charge in [-0.15, -0.1) is 0 Å². The fraction of sp³-hybridized carbons (Fsp3) is 0.429. The Labute approximate surface area is 228 Å². The van der Waals surface area contributed by atoms with Crippen LogP contribution in [0.4, 0.5) is 15.3 Å². The van der Waals surface area contributed by atoms with Crippen molar-refractivity contribution in [3.63, 3.8) is 0 Å². The predicted molar refractivity (Wildman–Crippen MR) is 145 cm³/mol. The van der Waals surface area contributed by atoms with Crippen LogP contribution in [0, 0.1) is 0 Å². The Morgan fingerprint density at radius 1 is 0.923 bits per heavy atom. The van der Waals surface area contributed by atoms with Crippen LogP contribution in [0.3, 0.4) is 0 Å². The molecule has 39 heavy (non-hydrogen) atoms. The number of anilines is 1. The molecule has 0 radical (unpaired) electrons. The average molecular weight is 544 g/mol. The van der Waals surface area contributed by atoms with Gasteiger partial charge in [0.15, 0.2) is 0 Å². The van der Waals surface area contributed by atoms with Crippen molar-refractivity contribution in [2.45, 2.75) is 58.3 Å². The van der Waals surface area contributed by atoms with Gasteiger partial charge < -0.3 is 34.9 Å². The number of carbonyl (C=O) groups is 4. The molecule has 2 aromatic rings. The summed E-state index contributed by atoms with van der Waals surface area (Å²) in [7, 11) is 2.66. The van der Waals surface area contributed by atoms with E-state index in [1.807, 2.05) is 30.3 Å². The predicted octanol–water partition coefficient (Wildman–Crippen LogP) is 4.41. The number of hydrogen-bond donors (Lipinski definition) is 3. The number of hydrogen-bond acceptors (Lipinski definition) is 8.